The van der Waals surface area contributed by atoms with Crippen molar-refractivity contribution in [2.75, 3.05) is 4.90 Å². The molecule has 4 heterocycles. The summed E-state index contributed by atoms with van der Waals surface area (Å²) >= 11 is 7.53. The molecule has 7 aromatic carbocycles. The van der Waals surface area contributed by atoms with Crippen molar-refractivity contribution in [3.63, 3.8) is 0 Å². The second kappa shape index (κ2) is 11.6. The van der Waals surface area contributed by atoms with Gasteiger partial charge in [-0.3, -0.25) is 0 Å². The lowest BCUT2D eigenvalue weighted by Crippen LogP contribution is -2.11. The van der Waals surface area contributed by atoms with Gasteiger partial charge in [-0.15, -0.1) is 45.3 Å². The molecule has 0 bridgehead atoms. The Kier molecular flexibility index (Phi) is 6.71. The van der Waals surface area contributed by atoms with Crippen LogP contribution in [-0.2, 0) is 0 Å². The molecule has 0 saturated heterocycles. The van der Waals surface area contributed by atoms with Crippen LogP contribution < -0.4 is 4.90 Å². The van der Waals surface area contributed by atoms with E-state index in [1.54, 1.807) is 0 Å². The Bertz CT molecular complexity index is 2910. The highest BCUT2D eigenvalue weighted by Gasteiger charge is 2.28. The van der Waals surface area contributed by atoms with Crippen LogP contribution in [-0.4, -0.2) is 0 Å². The number of anilines is 3. The fourth-order valence-corrected chi connectivity index (χ4v) is 12.1. The summed E-state index contributed by atoms with van der Waals surface area (Å²) in [6.45, 7) is 0. The number of hydrogen-bond donors (Lipinski definition) is 0. The maximum Gasteiger partial charge on any atom is 0.0727 e. The number of benzene rings is 7. The van der Waals surface area contributed by atoms with Gasteiger partial charge in [-0.2, -0.15) is 0 Å². The predicted molar refractivity (Wildman–Crippen MR) is 229 cm³/mol. The monoisotopic (exact) mass is 721 g/mol. The molecule has 11 aromatic rings. The van der Waals surface area contributed by atoms with Crippen LogP contribution in [0, 0.1) is 0 Å². The molecule has 11 rings (SSSR count). The fourth-order valence-electron chi connectivity index (χ4n) is 7.58. The van der Waals surface area contributed by atoms with Crippen molar-refractivity contribution in [3.05, 3.63) is 164 Å². The van der Waals surface area contributed by atoms with Gasteiger partial charge in [0.1, 0.15) is 0 Å². The molecular formula is C46H27NS4. The molecule has 0 aliphatic heterocycles. The van der Waals surface area contributed by atoms with Crippen LogP contribution in [0.5, 0.6) is 0 Å². The summed E-state index contributed by atoms with van der Waals surface area (Å²) in [7, 11) is 0. The van der Waals surface area contributed by atoms with Crippen molar-refractivity contribution in [2.45, 2.75) is 0 Å². The van der Waals surface area contributed by atoms with Crippen molar-refractivity contribution in [3.8, 4) is 20.9 Å². The third kappa shape index (κ3) is 4.63. The summed E-state index contributed by atoms with van der Waals surface area (Å²) in [5.41, 5.74) is 6.10. The van der Waals surface area contributed by atoms with E-state index in [2.05, 4.69) is 169 Å². The Hall–Kier alpha value is -5.30. The zero-order chi connectivity index (χ0) is 33.5. The molecule has 0 atom stereocenters. The largest absolute Gasteiger partial charge is 0.306 e. The van der Waals surface area contributed by atoms with Gasteiger partial charge >= 0.3 is 0 Å². The SMILES string of the molecule is c1ccc(N(c2c(-c3ccc4sc5ccccc5c4c3)sc3ccccc23)c2c(-c3ccc4sc5ccccc5c4c3)sc3ccccc23)cc1. The van der Waals surface area contributed by atoms with Gasteiger partial charge in [-0.05, 0) is 71.8 Å². The molecule has 240 valence electrons. The molecular weight excluding hydrogens is 695 g/mol. The van der Waals surface area contributed by atoms with Gasteiger partial charge in [0.05, 0.1) is 21.1 Å². The van der Waals surface area contributed by atoms with Crippen molar-refractivity contribution in [1.29, 1.82) is 0 Å². The van der Waals surface area contributed by atoms with E-state index in [9.17, 15) is 0 Å². The number of thiophene rings is 4. The van der Waals surface area contributed by atoms with E-state index in [4.69, 9.17) is 0 Å². The van der Waals surface area contributed by atoms with Gasteiger partial charge in [0.2, 0.25) is 0 Å². The molecule has 0 aliphatic carbocycles. The van der Waals surface area contributed by atoms with E-state index >= 15 is 0 Å². The van der Waals surface area contributed by atoms with Crippen LogP contribution in [0.4, 0.5) is 17.1 Å². The summed E-state index contributed by atoms with van der Waals surface area (Å²) in [5.74, 6) is 0. The standard InChI is InChI=1S/C46H27NS4/c1-2-12-30(13-3-1)47(43-33-16-6-10-20-39(33)50-45(43)28-22-24-41-35(26-28)31-14-4-8-18-37(31)48-41)44-34-17-7-11-21-40(34)51-46(44)29-23-25-42-36(27-29)32-15-5-9-19-38(32)49-42/h1-27H. The maximum atomic E-state index is 2.56. The van der Waals surface area contributed by atoms with Crippen LogP contribution in [0.3, 0.4) is 0 Å². The maximum absolute atomic E-state index is 2.56. The Balaban J connectivity index is 1.23. The van der Waals surface area contributed by atoms with Crippen molar-refractivity contribution < 1.29 is 0 Å². The molecule has 0 radical (unpaired) electrons. The van der Waals surface area contributed by atoms with E-state index in [1.807, 2.05) is 45.3 Å². The number of hydrogen-bond acceptors (Lipinski definition) is 5. The van der Waals surface area contributed by atoms with Gasteiger partial charge < -0.3 is 4.90 Å². The molecule has 0 amide bonds. The van der Waals surface area contributed by atoms with Crippen LogP contribution in [0.1, 0.15) is 0 Å². The first-order valence-electron chi connectivity index (χ1n) is 17.0. The Labute approximate surface area is 310 Å². The second-order valence-corrected chi connectivity index (χ2v) is 17.1. The lowest BCUT2D eigenvalue weighted by molar-refractivity contribution is 1.33. The van der Waals surface area contributed by atoms with E-state index in [0.29, 0.717) is 0 Å². The zero-order valence-electron chi connectivity index (χ0n) is 27.2. The number of para-hydroxylation sites is 1. The lowest BCUT2D eigenvalue weighted by Gasteiger charge is -2.27. The molecule has 0 fully saturated rings. The van der Waals surface area contributed by atoms with E-state index in [0.717, 1.165) is 5.69 Å². The smallest absolute Gasteiger partial charge is 0.0727 e. The van der Waals surface area contributed by atoms with Crippen LogP contribution >= 0.6 is 45.3 Å². The van der Waals surface area contributed by atoms with Crippen LogP contribution in [0.2, 0.25) is 0 Å². The third-order valence-corrected chi connectivity index (χ3v) is 14.6. The molecule has 0 spiro atoms. The average molecular weight is 722 g/mol. The first kappa shape index (κ1) is 29.4. The van der Waals surface area contributed by atoms with Crippen molar-refractivity contribution >= 4 is 123 Å². The first-order valence-corrected chi connectivity index (χ1v) is 20.3. The minimum absolute atomic E-state index is 1.15. The molecule has 0 N–H and O–H groups in total. The van der Waals surface area contributed by atoms with Gasteiger partial charge in [0, 0.05) is 66.2 Å². The summed E-state index contributed by atoms with van der Waals surface area (Å²) in [5, 5.41) is 7.81. The molecule has 51 heavy (non-hydrogen) atoms. The summed E-state index contributed by atoms with van der Waals surface area (Å²) in [4.78, 5) is 5.12. The molecule has 0 saturated carbocycles. The Morgan fingerprint density at radius 2 is 0.667 bits per heavy atom. The lowest BCUT2D eigenvalue weighted by atomic mass is 10.0. The van der Waals surface area contributed by atoms with Crippen LogP contribution in [0.15, 0.2) is 164 Å². The molecule has 5 heteroatoms. The van der Waals surface area contributed by atoms with Gasteiger partial charge in [0.25, 0.3) is 0 Å². The summed E-state index contributed by atoms with van der Waals surface area (Å²) < 4.78 is 7.88. The third-order valence-electron chi connectivity index (χ3n) is 9.88. The minimum atomic E-state index is 1.15. The van der Waals surface area contributed by atoms with E-state index in [1.165, 1.54) is 92.8 Å². The first-order chi connectivity index (χ1) is 25.3. The average Bonchev–Trinajstić information content (AvgIpc) is 3.96. The van der Waals surface area contributed by atoms with E-state index in [-0.39, 0.29) is 0 Å². The van der Waals surface area contributed by atoms with Gasteiger partial charge in [-0.1, -0.05) is 103 Å². The summed E-state index contributed by atoms with van der Waals surface area (Å²) in [6.07, 6.45) is 0. The number of fused-ring (bicyclic) bond motifs is 8. The predicted octanol–water partition coefficient (Wildman–Crippen LogP) is 15.7. The van der Waals surface area contributed by atoms with Crippen LogP contribution in [0.25, 0.3) is 81.4 Å². The topological polar surface area (TPSA) is 3.24 Å². The highest BCUT2D eigenvalue weighted by molar-refractivity contribution is 7.26. The minimum Gasteiger partial charge on any atom is -0.306 e. The molecule has 4 aromatic heterocycles. The summed E-state index contributed by atoms with van der Waals surface area (Å²) in [6, 6.07) is 60.6. The fraction of sp³-hybridized carbons (Fsp3) is 0. The second-order valence-electron chi connectivity index (χ2n) is 12.8. The Morgan fingerprint density at radius 3 is 1.14 bits per heavy atom. The highest BCUT2D eigenvalue weighted by atomic mass is 32.1. The normalized spacial score (nSPS) is 11.9. The highest BCUT2D eigenvalue weighted by Crippen LogP contribution is 2.56. The van der Waals surface area contributed by atoms with E-state index < -0.39 is 0 Å². The van der Waals surface area contributed by atoms with Gasteiger partial charge in [-0.25, -0.2) is 0 Å². The van der Waals surface area contributed by atoms with Crippen molar-refractivity contribution in [2.24, 2.45) is 0 Å². The van der Waals surface area contributed by atoms with Gasteiger partial charge in [0.15, 0.2) is 0 Å². The quantitative estimate of drug-likeness (QED) is 0.171. The number of rotatable bonds is 5. The zero-order valence-corrected chi connectivity index (χ0v) is 30.4. The Morgan fingerprint density at radius 1 is 0.294 bits per heavy atom. The molecule has 1 nitrogen and oxygen atoms in total. The molecule has 0 aliphatic rings. The van der Waals surface area contributed by atoms with Crippen molar-refractivity contribution in [1.82, 2.24) is 0 Å². The number of nitrogens with zero attached hydrogens (tertiary/aromatic N) is 1. The molecule has 0 unspecified atom stereocenters.